The summed E-state index contributed by atoms with van der Waals surface area (Å²) in [5.41, 5.74) is 1.80. The Bertz CT molecular complexity index is 399. The van der Waals surface area contributed by atoms with Crippen LogP contribution in [0.1, 0.15) is 37.5 Å². The first kappa shape index (κ1) is 10.8. The first-order valence-corrected chi connectivity index (χ1v) is 5.40. The highest BCUT2D eigenvalue weighted by atomic mass is 35.5. The van der Waals surface area contributed by atoms with E-state index in [0.717, 1.165) is 16.9 Å². The lowest BCUT2D eigenvalue weighted by molar-refractivity contribution is 0.161. The number of aliphatic hydroxyl groups is 1. The Kier molecular flexibility index (Phi) is 2.44. The van der Waals surface area contributed by atoms with Crippen LogP contribution in [0, 0.1) is 0 Å². The number of halogens is 1. The topological polar surface area (TPSA) is 29.5 Å². The zero-order chi connectivity index (χ0) is 11.2. The summed E-state index contributed by atoms with van der Waals surface area (Å²) >= 11 is 6.11. The van der Waals surface area contributed by atoms with E-state index in [-0.39, 0.29) is 5.41 Å². The van der Waals surface area contributed by atoms with Gasteiger partial charge in [0, 0.05) is 16.1 Å². The van der Waals surface area contributed by atoms with Gasteiger partial charge in [-0.25, -0.2) is 0 Å². The average molecular weight is 227 g/mol. The molecule has 0 radical (unpaired) electrons. The molecule has 1 aliphatic carbocycles. The Morgan fingerprint density at radius 1 is 1.47 bits per heavy atom. The van der Waals surface area contributed by atoms with Crippen LogP contribution in [0.25, 0.3) is 0 Å². The lowest BCUT2D eigenvalue weighted by atomic mass is 9.86. The number of methoxy groups -OCH3 is 1. The molecule has 0 unspecified atom stereocenters. The average Bonchev–Trinajstić information content (AvgIpc) is 2.39. The highest BCUT2D eigenvalue weighted by molar-refractivity contribution is 6.31. The van der Waals surface area contributed by atoms with Crippen LogP contribution < -0.4 is 4.74 Å². The van der Waals surface area contributed by atoms with E-state index in [0.29, 0.717) is 11.4 Å². The van der Waals surface area contributed by atoms with Gasteiger partial charge in [0.2, 0.25) is 0 Å². The van der Waals surface area contributed by atoms with Gasteiger partial charge in [-0.3, -0.25) is 0 Å². The van der Waals surface area contributed by atoms with Crippen LogP contribution in [-0.2, 0) is 5.41 Å². The summed E-state index contributed by atoms with van der Waals surface area (Å²) in [7, 11) is 1.64. The fraction of sp³-hybridized carbons (Fsp3) is 0.500. The summed E-state index contributed by atoms with van der Waals surface area (Å²) in [6.07, 6.45) is 0.222. The van der Waals surface area contributed by atoms with Crippen LogP contribution >= 0.6 is 11.6 Å². The Morgan fingerprint density at radius 2 is 2.13 bits per heavy atom. The van der Waals surface area contributed by atoms with Crippen LogP contribution in [0.15, 0.2) is 12.1 Å². The number of ether oxygens (including phenoxy) is 1. The summed E-state index contributed by atoms with van der Waals surface area (Å²) in [5.74, 6) is 0.816. The van der Waals surface area contributed by atoms with Gasteiger partial charge in [-0.15, -0.1) is 0 Å². The molecule has 0 aliphatic heterocycles. The monoisotopic (exact) mass is 226 g/mol. The second-order valence-corrected chi connectivity index (χ2v) is 5.05. The molecular weight excluding hydrogens is 212 g/mol. The number of hydrogen-bond donors (Lipinski definition) is 1. The third kappa shape index (κ3) is 1.52. The molecule has 2 rings (SSSR count). The van der Waals surface area contributed by atoms with E-state index in [1.54, 1.807) is 13.2 Å². The Morgan fingerprint density at radius 3 is 2.73 bits per heavy atom. The fourth-order valence-corrected chi connectivity index (χ4v) is 2.74. The molecule has 1 atom stereocenters. The third-order valence-corrected chi connectivity index (χ3v) is 3.42. The van der Waals surface area contributed by atoms with Crippen molar-refractivity contribution in [2.45, 2.75) is 31.8 Å². The third-order valence-electron chi connectivity index (χ3n) is 3.09. The molecule has 2 nitrogen and oxygen atoms in total. The summed E-state index contributed by atoms with van der Waals surface area (Å²) in [6, 6.07) is 3.64. The van der Waals surface area contributed by atoms with Crippen molar-refractivity contribution in [1.29, 1.82) is 0 Å². The summed E-state index contributed by atoms with van der Waals surface area (Å²) in [5, 5.41) is 10.6. The van der Waals surface area contributed by atoms with E-state index < -0.39 is 6.10 Å². The van der Waals surface area contributed by atoms with Gasteiger partial charge in [0.25, 0.3) is 0 Å². The molecular formula is C12H15ClO2. The zero-order valence-corrected chi connectivity index (χ0v) is 9.93. The van der Waals surface area contributed by atoms with Crippen LogP contribution in [0.2, 0.25) is 5.02 Å². The standard InChI is InChI=1S/C12H15ClO2/c1-12(2)6-8(14)10-7(13)4-5-9(15-3)11(10)12/h4-5,8,14H,6H2,1-3H3/t8-/m0/s1. The minimum Gasteiger partial charge on any atom is -0.496 e. The second-order valence-electron chi connectivity index (χ2n) is 4.64. The normalized spacial score (nSPS) is 22.6. The summed E-state index contributed by atoms with van der Waals surface area (Å²) in [4.78, 5) is 0. The quantitative estimate of drug-likeness (QED) is 0.798. The molecule has 1 aromatic rings. The van der Waals surface area contributed by atoms with E-state index in [9.17, 15) is 5.11 Å². The van der Waals surface area contributed by atoms with E-state index in [2.05, 4.69) is 13.8 Å². The number of fused-ring (bicyclic) bond motifs is 1. The second kappa shape index (κ2) is 3.39. The molecule has 3 heteroatoms. The molecule has 1 aromatic carbocycles. The van der Waals surface area contributed by atoms with Crippen LogP contribution in [0.5, 0.6) is 5.75 Å². The predicted molar refractivity (Wildman–Crippen MR) is 60.6 cm³/mol. The van der Waals surface area contributed by atoms with Crippen LogP contribution in [-0.4, -0.2) is 12.2 Å². The van der Waals surface area contributed by atoms with Gasteiger partial charge in [-0.05, 0) is 24.0 Å². The maximum atomic E-state index is 9.98. The fourth-order valence-electron chi connectivity index (χ4n) is 2.46. The smallest absolute Gasteiger partial charge is 0.123 e. The highest BCUT2D eigenvalue weighted by Crippen LogP contribution is 2.51. The molecule has 0 heterocycles. The van der Waals surface area contributed by atoms with Crippen molar-refractivity contribution in [3.8, 4) is 5.75 Å². The van der Waals surface area contributed by atoms with Crippen molar-refractivity contribution >= 4 is 11.6 Å². The molecule has 0 spiro atoms. The lowest BCUT2D eigenvalue weighted by Crippen LogP contribution is -2.13. The molecule has 15 heavy (non-hydrogen) atoms. The molecule has 0 saturated heterocycles. The molecule has 0 aromatic heterocycles. The Balaban J connectivity index is 2.71. The summed E-state index contributed by atoms with van der Waals surface area (Å²) in [6.45, 7) is 4.20. The Labute approximate surface area is 94.8 Å². The molecule has 1 aliphatic rings. The van der Waals surface area contributed by atoms with Gasteiger partial charge < -0.3 is 9.84 Å². The first-order valence-electron chi connectivity index (χ1n) is 5.02. The minimum atomic E-state index is -0.474. The molecule has 1 N–H and O–H groups in total. The number of hydrogen-bond acceptors (Lipinski definition) is 2. The molecule has 0 amide bonds. The maximum absolute atomic E-state index is 9.98. The number of rotatable bonds is 1. The van der Waals surface area contributed by atoms with Crippen LogP contribution in [0.3, 0.4) is 0 Å². The lowest BCUT2D eigenvalue weighted by Gasteiger charge is -2.21. The Hall–Kier alpha value is -0.730. The van der Waals surface area contributed by atoms with Crippen molar-refractivity contribution in [2.75, 3.05) is 7.11 Å². The van der Waals surface area contributed by atoms with E-state index in [1.165, 1.54) is 0 Å². The summed E-state index contributed by atoms with van der Waals surface area (Å²) < 4.78 is 5.33. The number of aliphatic hydroxyl groups excluding tert-OH is 1. The molecule has 0 fully saturated rings. The van der Waals surface area contributed by atoms with E-state index in [4.69, 9.17) is 16.3 Å². The van der Waals surface area contributed by atoms with E-state index in [1.807, 2.05) is 6.07 Å². The van der Waals surface area contributed by atoms with Crippen molar-refractivity contribution in [2.24, 2.45) is 0 Å². The predicted octanol–water partition coefficient (Wildman–Crippen LogP) is 3.06. The minimum absolute atomic E-state index is 0.0784. The largest absolute Gasteiger partial charge is 0.496 e. The van der Waals surface area contributed by atoms with E-state index >= 15 is 0 Å². The van der Waals surface area contributed by atoms with Crippen molar-refractivity contribution in [3.63, 3.8) is 0 Å². The van der Waals surface area contributed by atoms with Gasteiger partial charge in [-0.1, -0.05) is 25.4 Å². The SMILES string of the molecule is COc1ccc(Cl)c2c1C(C)(C)C[C@@H]2O. The zero-order valence-electron chi connectivity index (χ0n) is 9.17. The van der Waals surface area contributed by atoms with Crippen molar-refractivity contribution in [3.05, 3.63) is 28.3 Å². The van der Waals surface area contributed by atoms with Gasteiger partial charge in [0.05, 0.1) is 13.2 Å². The van der Waals surface area contributed by atoms with Gasteiger partial charge in [0.15, 0.2) is 0 Å². The highest BCUT2D eigenvalue weighted by Gasteiger charge is 2.39. The van der Waals surface area contributed by atoms with Crippen molar-refractivity contribution < 1.29 is 9.84 Å². The first-order chi connectivity index (χ1) is 6.97. The maximum Gasteiger partial charge on any atom is 0.123 e. The molecule has 0 saturated carbocycles. The molecule has 0 bridgehead atoms. The van der Waals surface area contributed by atoms with Gasteiger partial charge in [-0.2, -0.15) is 0 Å². The number of benzene rings is 1. The van der Waals surface area contributed by atoms with Gasteiger partial charge >= 0.3 is 0 Å². The molecule has 82 valence electrons. The van der Waals surface area contributed by atoms with Gasteiger partial charge in [0.1, 0.15) is 5.75 Å². The van der Waals surface area contributed by atoms with Crippen molar-refractivity contribution in [1.82, 2.24) is 0 Å². The van der Waals surface area contributed by atoms with Crippen LogP contribution in [0.4, 0.5) is 0 Å².